The number of hydrazine groups is 1. The van der Waals surface area contributed by atoms with Crippen LogP contribution in [0.4, 0.5) is 13.2 Å². The predicted octanol–water partition coefficient (Wildman–Crippen LogP) is 4.32. The van der Waals surface area contributed by atoms with Crippen molar-refractivity contribution in [1.82, 2.24) is 9.99 Å². The Bertz CT molecular complexity index is 1200. The quantitative estimate of drug-likeness (QED) is 0.372. The highest BCUT2D eigenvalue weighted by Gasteiger charge is 2.54. The van der Waals surface area contributed by atoms with E-state index in [1.54, 1.807) is 12.3 Å². The number of benzene rings is 1. The Morgan fingerprint density at radius 1 is 1.31 bits per heavy atom. The SMILES string of the molecule is CCC(O)(/C(N)=C/N(N)Cc1ccc2c(-c3ccc(C)nc3)c(C#N)sc2c1)C(F)(F)F. The average molecular weight is 462 g/mol. The number of alkyl halides is 3. The van der Waals surface area contributed by atoms with Crippen molar-refractivity contribution in [2.24, 2.45) is 11.6 Å². The van der Waals surface area contributed by atoms with Crippen LogP contribution < -0.4 is 11.6 Å². The van der Waals surface area contributed by atoms with Gasteiger partial charge in [0, 0.05) is 39.3 Å². The number of nitriles is 1. The number of pyridine rings is 1. The summed E-state index contributed by atoms with van der Waals surface area (Å²) in [7, 11) is 0. The van der Waals surface area contributed by atoms with Crippen molar-refractivity contribution in [3.8, 4) is 17.2 Å². The molecular weight excluding hydrogens is 439 g/mol. The van der Waals surface area contributed by atoms with Gasteiger partial charge in [-0.25, -0.2) is 5.84 Å². The van der Waals surface area contributed by atoms with Gasteiger partial charge in [0.15, 0.2) is 0 Å². The fraction of sp³-hybridized carbons (Fsp3) is 0.273. The topological polar surface area (TPSA) is 112 Å². The lowest BCUT2D eigenvalue weighted by Crippen LogP contribution is -2.49. The van der Waals surface area contributed by atoms with Crippen LogP contribution in [0, 0.1) is 18.3 Å². The molecule has 1 atom stereocenters. The Hall–Kier alpha value is -3.13. The van der Waals surface area contributed by atoms with Crippen LogP contribution >= 0.6 is 11.3 Å². The van der Waals surface area contributed by atoms with E-state index >= 15 is 0 Å². The highest BCUT2D eigenvalue weighted by atomic mass is 32.1. The Labute approximate surface area is 187 Å². The van der Waals surface area contributed by atoms with Gasteiger partial charge in [0.25, 0.3) is 0 Å². The number of rotatable bonds is 6. The van der Waals surface area contributed by atoms with Crippen molar-refractivity contribution in [3.63, 3.8) is 0 Å². The van der Waals surface area contributed by atoms with Crippen LogP contribution in [0.15, 0.2) is 48.4 Å². The third-order valence-corrected chi connectivity index (χ3v) is 6.24. The van der Waals surface area contributed by atoms with Gasteiger partial charge in [-0.1, -0.05) is 25.1 Å². The fourth-order valence-electron chi connectivity index (χ4n) is 3.33. The number of halogens is 3. The lowest BCUT2D eigenvalue weighted by molar-refractivity contribution is -0.245. The van der Waals surface area contributed by atoms with Crippen LogP contribution in [-0.2, 0) is 6.54 Å². The number of aryl methyl sites for hydroxylation is 1. The Morgan fingerprint density at radius 2 is 2.03 bits per heavy atom. The van der Waals surface area contributed by atoms with E-state index in [1.165, 1.54) is 18.3 Å². The molecule has 0 radical (unpaired) electrons. The number of nitrogens with zero attached hydrogens (tertiary/aromatic N) is 3. The largest absolute Gasteiger partial charge is 0.422 e. The second-order valence-electron chi connectivity index (χ2n) is 7.41. The Balaban J connectivity index is 1.91. The summed E-state index contributed by atoms with van der Waals surface area (Å²) in [5.41, 5.74) is 4.79. The van der Waals surface area contributed by atoms with E-state index in [0.29, 0.717) is 10.4 Å². The molecule has 32 heavy (non-hydrogen) atoms. The molecule has 5 N–H and O–H groups in total. The van der Waals surface area contributed by atoms with Crippen LogP contribution in [0.1, 0.15) is 29.5 Å². The number of thiophene rings is 1. The van der Waals surface area contributed by atoms with Gasteiger partial charge in [-0.05, 0) is 31.0 Å². The summed E-state index contributed by atoms with van der Waals surface area (Å²) >= 11 is 1.31. The molecule has 0 fully saturated rings. The van der Waals surface area contributed by atoms with Gasteiger partial charge in [0.2, 0.25) is 5.60 Å². The summed E-state index contributed by atoms with van der Waals surface area (Å²) in [5.74, 6) is 5.85. The molecule has 3 rings (SSSR count). The van der Waals surface area contributed by atoms with Gasteiger partial charge in [0.05, 0.1) is 12.2 Å². The molecule has 0 spiro atoms. The summed E-state index contributed by atoms with van der Waals surface area (Å²) in [6.45, 7) is 3.12. The van der Waals surface area contributed by atoms with Gasteiger partial charge in [-0.15, -0.1) is 11.3 Å². The van der Waals surface area contributed by atoms with Crippen LogP contribution in [0.2, 0.25) is 0 Å². The molecule has 0 bridgehead atoms. The van der Waals surface area contributed by atoms with Gasteiger partial charge < -0.3 is 15.8 Å². The zero-order valence-corrected chi connectivity index (χ0v) is 18.3. The number of hydrogen-bond donors (Lipinski definition) is 3. The predicted molar refractivity (Wildman–Crippen MR) is 118 cm³/mol. The fourth-order valence-corrected chi connectivity index (χ4v) is 4.42. The van der Waals surface area contributed by atoms with E-state index < -0.39 is 23.9 Å². The molecular formula is C22H22F3N5OS. The smallest absolute Gasteiger partial charge is 0.398 e. The van der Waals surface area contributed by atoms with Crippen molar-refractivity contribution < 1.29 is 18.3 Å². The Morgan fingerprint density at radius 3 is 2.59 bits per heavy atom. The molecule has 0 saturated carbocycles. The molecule has 0 saturated heterocycles. The number of aromatic nitrogens is 1. The molecule has 0 aliphatic rings. The van der Waals surface area contributed by atoms with E-state index in [0.717, 1.165) is 38.1 Å². The van der Waals surface area contributed by atoms with Crippen LogP contribution in [0.25, 0.3) is 21.2 Å². The summed E-state index contributed by atoms with van der Waals surface area (Å²) in [5, 5.41) is 21.4. The monoisotopic (exact) mass is 461 g/mol. The van der Waals surface area contributed by atoms with Gasteiger partial charge >= 0.3 is 6.18 Å². The van der Waals surface area contributed by atoms with Gasteiger partial charge in [0.1, 0.15) is 10.9 Å². The van der Waals surface area contributed by atoms with Crippen molar-refractivity contribution in [2.45, 2.75) is 38.6 Å². The molecule has 3 aromatic rings. The molecule has 0 amide bonds. The first-order valence-corrected chi connectivity index (χ1v) is 10.5. The standard InChI is InChI=1S/C22H22F3N5OS/c1-3-21(31,22(23,24)25)19(27)12-30(28)11-14-5-7-16-17(8-14)32-18(9-26)20(16)15-6-4-13(2)29-10-15/h4-8,10,12,31H,3,11,27-28H2,1-2H3/b19-12-. The maximum atomic E-state index is 13.2. The molecule has 10 heteroatoms. The zero-order chi connectivity index (χ0) is 23.7. The molecule has 2 aromatic heterocycles. The molecule has 1 aromatic carbocycles. The first-order valence-electron chi connectivity index (χ1n) is 9.67. The molecule has 0 aliphatic carbocycles. The minimum Gasteiger partial charge on any atom is -0.398 e. The second kappa shape index (κ2) is 8.78. The molecule has 1 unspecified atom stereocenters. The van der Waals surface area contributed by atoms with Gasteiger partial charge in [-0.3, -0.25) is 4.98 Å². The highest BCUT2D eigenvalue weighted by molar-refractivity contribution is 7.20. The summed E-state index contributed by atoms with van der Waals surface area (Å²) in [4.78, 5) is 4.84. The minimum atomic E-state index is -4.92. The van der Waals surface area contributed by atoms with E-state index in [9.17, 15) is 23.5 Å². The highest BCUT2D eigenvalue weighted by Crippen LogP contribution is 2.39. The normalized spacial score (nSPS) is 14.2. The minimum absolute atomic E-state index is 0.0511. The zero-order valence-electron chi connectivity index (χ0n) is 17.4. The first-order chi connectivity index (χ1) is 15.0. The van der Waals surface area contributed by atoms with Crippen LogP contribution in [0.5, 0.6) is 0 Å². The Kier molecular flexibility index (Phi) is 6.46. The van der Waals surface area contributed by atoms with E-state index in [1.807, 2.05) is 31.2 Å². The van der Waals surface area contributed by atoms with Crippen molar-refractivity contribution >= 4 is 21.4 Å². The van der Waals surface area contributed by atoms with Crippen molar-refractivity contribution in [3.05, 3.63) is 64.6 Å². The molecule has 2 heterocycles. The number of aliphatic hydroxyl groups is 1. The van der Waals surface area contributed by atoms with E-state index in [-0.39, 0.29) is 6.54 Å². The first kappa shape index (κ1) is 23.5. The number of nitrogens with two attached hydrogens (primary N) is 2. The lowest BCUT2D eigenvalue weighted by atomic mass is 9.96. The molecule has 0 aliphatic heterocycles. The summed E-state index contributed by atoms with van der Waals surface area (Å²) in [6, 6.07) is 11.4. The average Bonchev–Trinajstić information content (AvgIpc) is 3.10. The number of hydrogen-bond acceptors (Lipinski definition) is 7. The van der Waals surface area contributed by atoms with Gasteiger partial charge in [-0.2, -0.15) is 18.4 Å². The lowest BCUT2D eigenvalue weighted by Gasteiger charge is -2.30. The maximum Gasteiger partial charge on any atom is 0.422 e. The van der Waals surface area contributed by atoms with Crippen molar-refractivity contribution in [1.29, 1.82) is 5.26 Å². The van der Waals surface area contributed by atoms with Crippen LogP contribution in [0.3, 0.4) is 0 Å². The third kappa shape index (κ3) is 4.41. The number of fused-ring (bicyclic) bond motifs is 1. The van der Waals surface area contributed by atoms with Crippen LogP contribution in [-0.4, -0.2) is 26.9 Å². The molecule has 6 nitrogen and oxygen atoms in total. The van der Waals surface area contributed by atoms with E-state index in [2.05, 4.69) is 11.1 Å². The third-order valence-electron chi connectivity index (χ3n) is 5.18. The summed E-state index contributed by atoms with van der Waals surface area (Å²) in [6.07, 6.45) is -2.95. The maximum absolute atomic E-state index is 13.2. The van der Waals surface area contributed by atoms with Crippen molar-refractivity contribution in [2.75, 3.05) is 0 Å². The molecule has 168 valence electrons. The summed E-state index contributed by atoms with van der Waals surface area (Å²) < 4.78 is 40.4. The van der Waals surface area contributed by atoms with E-state index in [4.69, 9.17) is 11.6 Å². The second-order valence-corrected chi connectivity index (χ2v) is 8.46.